The third-order valence-corrected chi connectivity index (χ3v) is 5.20. The van der Waals surface area contributed by atoms with Crippen molar-refractivity contribution in [1.82, 2.24) is 9.71 Å². The van der Waals surface area contributed by atoms with Gasteiger partial charge in [-0.3, -0.25) is 0 Å². The molecule has 1 heterocycles. The Morgan fingerprint density at radius 1 is 1.35 bits per heavy atom. The summed E-state index contributed by atoms with van der Waals surface area (Å²) in [5.74, 6) is 0.665. The third-order valence-electron chi connectivity index (χ3n) is 2.41. The Morgan fingerprint density at radius 2 is 2.06 bits per heavy atom. The second kappa shape index (κ2) is 6.47. The number of aromatic nitrogens is 1. The van der Waals surface area contributed by atoms with Crippen LogP contribution in [0.15, 0.2) is 15.9 Å². The van der Waals surface area contributed by atoms with Crippen molar-refractivity contribution in [3.05, 3.63) is 11.6 Å². The first-order valence-corrected chi connectivity index (χ1v) is 8.20. The number of nitrogens with zero attached hydrogens (tertiary/aromatic N) is 1. The predicted octanol–water partition coefficient (Wildman–Crippen LogP) is 2.64. The van der Waals surface area contributed by atoms with Crippen LogP contribution in [0.4, 0.5) is 0 Å². The zero-order valence-electron chi connectivity index (χ0n) is 10.5. The summed E-state index contributed by atoms with van der Waals surface area (Å²) in [4.78, 5) is 3.82. The van der Waals surface area contributed by atoms with Gasteiger partial charge >= 0.3 is 0 Å². The molecule has 0 fully saturated rings. The standard InChI is InChI=1S/C11H20N2O2S2/c1-9(2)5-4-6-10(3)13-17(14,15)11-12-7-8-16-11/h7-10,13H,4-6H2,1-3H3/t10-/m1/s1. The molecule has 1 N–H and O–H groups in total. The molecule has 17 heavy (non-hydrogen) atoms. The smallest absolute Gasteiger partial charge is 0.233 e. The van der Waals surface area contributed by atoms with Crippen molar-refractivity contribution in [2.24, 2.45) is 5.92 Å². The molecule has 1 atom stereocenters. The van der Waals surface area contributed by atoms with Gasteiger partial charge in [0.1, 0.15) is 0 Å². The molecular formula is C11H20N2O2S2. The Labute approximate surface area is 108 Å². The Balaban J connectivity index is 2.43. The molecule has 98 valence electrons. The lowest BCUT2D eigenvalue weighted by molar-refractivity contribution is 0.488. The van der Waals surface area contributed by atoms with Crippen LogP contribution in [0.5, 0.6) is 0 Å². The van der Waals surface area contributed by atoms with E-state index in [2.05, 4.69) is 23.6 Å². The summed E-state index contributed by atoms with van der Waals surface area (Å²) in [6.07, 6.45) is 4.54. The van der Waals surface area contributed by atoms with E-state index < -0.39 is 10.0 Å². The molecule has 6 heteroatoms. The van der Waals surface area contributed by atoms with E-state index in [4.69, 9.17) is 0 Å². The van der Waals surface area contributed by atoms with Gasteiger partial charge in [-0.15, -0.1) is 11.3 Å². The average molecular weight is 276 g/mol. The van der Waals surface area contributed by atoms with Crippen LogP contribution in [-0.4, -0.2) is 19.4 Å². The normalized spacial score (nSPS) is 14.1. The van der Waals surface area contributed by atoms with Gasteiger partial charge in [-0.05, 0) is 19.3 Å². The molecule has 0 bridgehead atoms. The van der Waals surface area contributed by atoms with Crippen molar-refractivity contribution >= 4 is 21.4 Å². The second-order valence-electron chi connectivity index (χ2n) is 4.65. The van der Waals surface area contributed by atoms with E-state index >= 15 is 0 Å². The lowest BCUT2D eigenvalue weighted by Gasteiger charge is -2.13. The summed E-state index contributed by atoms with van der Waals surface area (Å²) in [5, 5.41) is 1.66. The lowest BCUT2D eigenvalue weighted by atomic mass is 10.0. The van der Waals surface area contributed by atoms with Crippen molar-refractivity contribution in [1.29, 1.82) is 0 Å². The summed E-state index contributed by atoms with van der Waals surface area (Å²) < 4.78 is 26.5. The van der Waals surface area contributed by atoms with Gasteiger partial charge in [0.25, 0.3) is 10.0 Å². The van der Waals surface area contributed by atoms with E-state index in [0.29, 0.717) is 5.92 Å². The lowest BCUT2D eigenvalue weighted by Crippen LogP contribution is -2.32. The van der Waals surface area contributed by atoms with Crippen LogP contribution < -0.4 is 4.72 Å². The number of hydrogen-bond acceptors (Lipinski definition) is 4. The van der Waals surface area contributed by atoms with Crippen molar-refractivity contribution in [3.8, 4) is 0 Å². The largest absolute Gasteiger partial charge is 0.268 e. The van der Waals surface area contributed by atoms with Crippen LogP contribution in [-0.2, 0) is 10.0 Å². The summed E-state index contributed by atoms with van der Waals surface area (Å²) in [7, 11) is -3.41. The molecule has 0 amide bonds. The van der Waals surface area contributed by atoms with Crippen LogP contribution in [0.3, 0.4) is 0 Å². The molecule has 0 aliphatic carbocycles. The molecule has 0 radical (unpaired) electrons. The minimum absolute atomic E-state index is 0.0392. The quantitative estimate of drug-likeness (QED) is 0.833. The van der Waals surface area contributed by atoms with Crippen LogP contribution in [0.2, 0.25) is 0 Å². The average Bonchev–Trinajstić information content (AvgIpc) is 2.68. The Morgan fingerprint density at radius 3 is 2.59 bits per heavy atom. The number of hydrogen-bond donors (Lipinski definition) is 1. The fraction of sp³-hybridized carbons (Fsp3) is 0.727. The van der Waals surface area contributed by atoms with Gasteiger partial charge < -0.3 is 0 Å². The number of rotatable bonds is 7. The minimum atomic E-state index is -3.41. The highest BCUT2D eigenvalue weighted by Crippen LogP contribution is 2.14. The first-order valence-electron chi connectivity index (χ1n) is 5.83. The first-order chi connectivity index (χ1) is 7.92. The fourth-order valence-corrected chi connectivity index (χ4v) is 3.68. The van der Waals surface area contributed by atoms with Crippen molar-refractivity contribution in [2.45, 2.75) is 50.4 Å². The van der Waals surface area contributed by atoms with Crippen LogP contribution in [0, 0.1) is 5.92 Å². The summed E-state index contributed by atoms with van der Waals surface area (Å²) >= 11 is 1.14. The van der Waals surface area contributed by atoms with Gasteiger partial charge in [-0.2, -0.15) is 0 Å². The number of sulfonamides is 1. The summed E-state index contributed by atoms with van der Waals surface area (Å²) in [6, 6.07) is -0.0392. The first kappa shape index (κ1) is 14.6. The molecule has 0 aliphatic rings. The Hall–Kier alpha value is -0.460. The monoisotopic (exact) mass is 276 g/mol. The predicted molar refractivity (Wildman–Crippen MR) is 70.6 cm³/mol. The van der Waals surface area contributed by atoms with Crippen LogP contribution in [0.25, 0.3) is 0 Å². The molecule has 0 saturated carbocycles. The Kier molecular flexibility index (Phi) is 5.55. The molecule has 1 rings (SSSR count). The van der Waals surface area contributed by atoms with Gasteiger partial charge in [0, 0.05) is 17.6 Å². The van der Waals surface area contributed by atoms with E-state index in [9.17, 15) is 8.42 Å². The molecular weight excluding hydrogens is 256 g/mol. The topological polar surface area (TPSA) is 59.1 Å². The van der Waals surface area contributed by atoms with Crippen LogP contribution >= 0.6 is 11.3 Å². The number of thiazole rings is 1. The molecule has 0 unspecified atom stereocenters. The van der Waals surface area contributed by atoms with E-state index in [-0.39, 0.29) is 10.4 Å². The fourth-order valence-electron chi connectivity index (χ4n) is 1.55. The van der Waals surface area contributed by atoms with Gasteiger partial charge in [0.05, 0.1) is 0 Å². The minimum Gasteiger partial charge on any atom is -0.233 e. The zero-order chi connectivity index (χ0) is 12.9. The van der Waals surface area contributed by atoms with E-state index in [1.807, 2.05) is 6.92 Å². The maximum absolute atomic E-state index is 11.8. The maximum atomic E-state index is 11.8. The highest BCUT2D eigenvalue weighted by atomic mass is 32.2. The summed E-state index contributed by atoms with van der Waals surface area (Å²) in [6.45, 7) is 6.24. The molecule has 4 nitrogen and oxygen atoms in total. The molecule has 0 aliphatic heterocycles. The molecule has 0 spiro atoms. The van der Waals surface area contributed by atoms with Crippen LogP contribution in [0.1, 0.15) is 40.0 Å². The van der Waals surface area contributed by atoms with E-state index in [0.717, 1.165) is 30.6 Å². The van der Waals surface area contributed by atoms with Crippen molar-refractivity contribution in [3.63, 3.8) is 0 Å². The molecule has 1 aromatic rings. The van der Waals surface area contributed by atoms with Gasteiger partial charge in [0.15, 0.2) is 0 Å². The van der Waals surface area contributed by atoms with E-state index in [1.165, 1.54) is 6.20 Å². The van der Waals surface area contributed by atoms with Crippen molar-refractivity contribution in [2.75, 3.05) is 0 Å². The Bertz CT molecular complexity index is 413. The second-order valence-corrected chi connectivity index (χ2v) is 7.43. The van der Waals surface area contributed by atoms with Gasteiger partial charge in [0.2, 0.25) is 4.34 Å². The zero-order valence-corrected chi connectivity index (χ0v) is 12.1. The highest BCUT2D eigenvalue weighted by molar-refractivity contribution is 7.91. The van der Waals surface area contributed by atoms with Crippen molar-refractivity contribution < 1.29 is 8.42 Å². The summed E-state index contributed by atoms with van der Waals surface area (Å²) in [5.41, 5.74) is 0. The molecule has 1 aromatic heterocycles. The van der Waals surface area contributed by atoms with Gasteiger partial charge in [-0.1, -0.05) is 26.7 Å². The SMILES string of the molecule is CC(C)CCC[C@@H](C)NS(=O)(=O)c1nccs1. The van der Waals surface area contributed by atoms with E-state index in [1.54, 1.807) is 5.38 Å². The molecule has 0 saturated heterocycles. The molecule has 0 aromatic carbocycles. The number of nitrogens with one attached hydrogen (secondary N) is 1. The maximum Gasteiger partial charge on any atom is 0.268 e. The highest BCUT2D eigenvalue weighted by Gasteiger charge is 2.19. The third kappa shape index (κ3) is 5.14. The van der Waals surface area contributed by atoms with Gasteiger partial charge in [-0.25, -0.2) is 18.1 Å².